The normalized spacial score (nSPS) is 19.0. The van der Waals surface area contributed by atoms with E-state index in [0.717, 1.165) is 31.5 Å². The maximum Gasteiger partial charge on any atom is 0.264 e. The van der Waals surface area contributed by atoms with Gasteiger partial charge in [-0.25, -0.2) is 23.4 Å². The number of amides is 1. The molecule has 0 spiro atoms. The highest BCUT2D eigenvalue weighted by Crippen LogP contribution is 2.37. The number of halogens is 3. The van der Waals surface area contributed by atoms with E-state index in [1.165, 1.54) is 30.6 Å². The molecule has 2 aromatic carbocycles. The number of rotatable bonds is 6. The van der Waals surface area contributed by atoms with E-state index in [2.05, 4.69) is 21.4 Å². The third-order valence-electron chi connectivity index (χ3n) is 7.70. The number of carbonyl (C=O) groups excluding carboxylic acids is 1. The Balaban J connectivity index is 1.31. The number of carbonyl (C=O) groups is 1. The molecule has 2 fully saturated rings. The van der Waals surface area contributed by atoms with Gasteiger partial charge in [-0.1, -0.05) is 6.07 Å². The molecule has 2 aliphatic rings. The number of anilines is 1. The minimum absolute atomic E-state index is 0.00366. The summed E-state index contributed by atoms with van der Waals surface area (Å²) in [7, 11) is 0. The minimum atomic E-state index is -1.19. The molecule has 220 valence electrons. The molecule has 43 heavy (non-hydrogen) atoms. The van der Waals surface area contributed by atoms with Crippen LogP contribution in [0.4, 0.5) is 19.0 Å². The summed E-state index contributed by atoms with van der Waals surface area (Å²) in [6.07, 6.45) is 6.17. The molecule has 1 amide bonds. The highest BCUT2D eigenvalue weighted by molar-refractivity contribution is 5.99. The van der Waals surface area contributed by atoms with Crippen molar-refractivity contribution in [3.8, 4) is 28.8 Å². The van der Waals surface area contributed by atoms with Crippen LogP contribution >= 0.6 is 0 Å². The number of nitrogens with two attached hydrogens (primary N) is 1. The predicted molar refractivity (Wildman–Crippen MR) is 151 cm³/mol. The fourth-order valence-corrected chi connectivity index (χ4v) is 5.60. The van der Waals surface area contributed by atoms with Crippen LogP contribution in [-0.2, 0) is 4.79 Å². The quantitative estimate of drug-likeness (QED) is 0.246. The Morgan fingerprint density at radius 3 is 2.77 bits per heavy atom. The van der Waals surface area contributed by atoms with Crippen molar-refractivity contribution < 1.29 is 22.7 Å². The average molecular weight is 589 g/mol. The Hall–Kier alpha value is -4.96. The molecular weight excluding hydrogens is 561 g/mol. The molecular formula is C30H27F3N8O2. The summed E-state index contributed by atoms with van der Waals surface area (Å²) in [5.74, 6) is -3.70. The van der Waals surface area contributed by atoms with Crippen molar-refractivity contribution in [2.75, 3.05) is 25.4 Å². The van der Waals surface area contributed by atoms with Crippen molar-refractivity contribution in [1.29, 1.82) is 5.26 Å². The number of benzene rings is 2. The number of likely N-dealkylation sites (tertiary alicyclic amines) is 1. The first-order chi connectivity index (χ1) is 20.8. The van der Waals surface area contributed by atoms with Crippen molar-refractivity contribution in [3.05, 3.63) is 71.8 Å². The van der Waals surface area contributed by atoms with E-state index >= 15 is 4.39 Å². The first-order valence-corrected chi connectivity index (χ1v) is 13.9. The van der Waals surface area contributed by atoms with Crippen LogP contribution in [0, 0.1) is 28.8 Å². The van der Waals surface area contributed by atoms with Gasteiger partial charge in [-0.3, -0.25) is 4.79 Å². The number of nitriles is 1. The zero-order valence-electron chi connectivity index (χ0n) is 22.9. The molecule has 2 aromatic heterocycles. The number of nitrogen functional groups attached to an aromatic ring is 1. The Bertz CT molecular complexity index is 1780. The summed E-state index contributed by atoms with van der Waals surface area (Å²) in [4.78, 5) is 23.4. The summed E-state index contributed by atoms with van der Waals surface area (Å²) < 4.78 is 50.2. The average Bonchev–Trinajstić information content (AvgIpc) is 3.67. The van der Waals surface area contributed by atoms with Gasteiger partial charge in [0.05, 0.1) is 11.4 Å². The number of nitrogens with zero attached hydrogens (tertiary/aromatic N) is 6. The van der Waals surface area contributed by atoms with E-state index in [0.29, 0.717) is 30.4 Å². The lowest BCUT2D eigenvalue weighted by Crippen LogP contribution is -2.41. The smallest absolute Gasteiger partial charge is 0.264 e. The highest BCUT2D eigenvalue weighted by atomic mass is 19.2. The van der Waals surface area contributed by atoms with Crippen molar-refractivity contribution in [3.63, 3.8) is 0 Å². The summed E-state index contributed by atoms with van der Waals surface area (Å²) in [6, 6.07) is 9.04. The van der Waals surface area contributed by atoms with Crippen molar-refractivity contribution in [2.24, 2.45) is 0 Å². The maximum absolute atomic E-state index is 15.5. The number of piperidine rings is 1. The van der Waals surface area contributed by atoms with Gasteiger partial charge in [0.25, 0.3) is 5.91 Å². The minimum Gasteiger partial charge on any atom is -0.454 e. The lowest BCUT2D eigenvalue weighted by Gasteiger charge is -2.33. The van der Waals surface area contributed by atoms with Crippen LogP contribution in [0.5, 0.6) is 11.5 Å². The highest BCUT2D eigenvalue weighted by Gasteiger charge is 2.31. The Labute approximate surface area is 244 Å². The van der Waals surface area contributed by atoms with Gasteiger partial charge in [0.15, 0.2) is 17.2 Å². The monoisotopic (exact) mass is 588 g/mol. The molecule has 10 nitrogen and oxygen atoms in total. The molecule has 2 saturated heterocycles. The standard InChI is InChI=1S/C30H27F3N8O2/c31-22-6-1-7-24(26(22)33)43-20-8-9-21(23(32)13-20)27-25-28(35)37-16-38-29(25)41(39-27)19-5-3-11-40(15-19)30(42)17(14-34)12-18-4-2-10-36-18/h1,6-9,12-13,16,18-19,36H,2-5,10-11,15H2,(H2,35,37,38)/t18?,19-/m1/s1. The van der Waals surface area contributed by atoms with Gasteiger partial charge in [0, 0.05) is 30.8 Å². The first-order valence-electron chi connectivity index (χ1n) is 13.9. The second-order valence-corrected chi connectivity index (χ2v) is 10.5. The van der Waals surface area contributed by atoms with Crippen LogP contribution in [0.3, 0.4) is 0 Å². The second kappa shape index (κ2) is 11.7. The van der Waals surface area contributed by atoms with Gasteiger partial charge in [0.1, 0.15) is 41.0 Å². The molecule has 0 saturated carbocycles. The van der Waals surface area contributed by atoms with Gasteiger partial charge >= 0.3 is 0 Å². The fraction of sp³-hybridized carbons (Fsp3) is 0.300. The largest absolute Gasteiger partial charge is 0.454 e. The van der Waals surface area contributed by atoms with E-state index in [1.807, 2.05) is 0 Å². The number of hydrogen-bond acceptors (Lipinski definition) is 8. The van der Waals surface area contributed by atoms with E-state index in [4.69, 9.17) is 15.6 Å². The van der Waals surface area contributed by atoms with Crippen LogP contribution in [0.2, 0.25) is 0 Å². The van der Waals surface area contributed by atoms with E-state index in [9.17, 15) is 18.8 Å². The summed E-state index contributed by atoms with van der Waals surface area (Å²) in [5.41, 5.74) is 6.94. The maximum atomic E-state index is 15.5. The van der Waals surface area contributed by atoms with Gasteiger partial charge in [-0.2, -0.15) is 14.8 Å². The van der Waals surface area contributed by atoms with Crippen LogP contribution in [0.15, 0.2) is 54.4 Å². The molecule has 2 atom stereocenters. The van der Waals surface area contributed by atoms with Crippen LogP contribution in [0.1, 0.15) is 31.7 Å². The summed E-state index contributed by atoms with van der Waals surface area (Å²) >= 11 is 0. The SMILES string of the molecule is N#CC(=CC1CCCN1)C(=O)N1CCC[C@@H](n2nc(-c3ccc(Oc4cccc(F)c4F)cc3F)c3c(N)ncnc32)C1. The van der Waals surface area contributed by atoms with Crippen LogP contribution < -0.4 is 15.8 Å². The topological polar surface area (TPSA) is 135 Å². The lowest BCUT2D eigenvalue weighted by atomic mass is 10.0. The number of nitrogens with one attached hydrogen (secondary N) is 1. The molecule has 0 bridgehead atoms. The van der Waals surface area contributed by atoms with Crippen molar-refractivity contribution >= 4 is 22.8 Å². The zero-order valence-corrected chi connectivity index (χ0v) is 22.9. The Morgan fingerprint density at radius 1 is 1.14 bits per heavy atom. The molecule has 4 aromatic rings. The van der Waals surface area contributed by atoms with E-state index in [1.54, 1.807) is 15.7 Å². The number of hydrogen-bond donors (Lipinski definition) is 2. The van der Waals surface area contributed by atoms with E-state index < -0.39 is 17.5 Å². The molecule has 0 radical (unpaired) electrons. The molecule has 13 heteroatoms. The molecule has 0 aliphatic carbocycles. The zero-order chi connectivity index (χ0) is 30.1. The fourth-order valence-electron chi connectivity index (χ4n) is 5.60. The second-order valence-electron chi connectivity index (χ2n) is 10.5. The lowest BCUT2D eigenvalue weighted by molar-refractivity contribution is -0.128. The third-order valence-corrected chi connectivity index (χ3v) is 7.70. The molecule has 4 heterocycles. The number of aromatic nitrogens is 4. The van der Waals surface area contributed by atoms with Gasteiger partial charge in [-0.15, -0.1) is 0 Å². The Morgan fingerprint density at radius 2 is 2.00 bits per heavy atom. The molecule has 2 aliphatic heterocycles. The van der Waals surface area contributed by atoms with Gasteiger partial charge < -0.3 is 20.7 Å². The predicted octanol–water partition coefficient (Wildman–Crippen LogP) is 4.65. The summed E-state index contributed by atoms with van der Waals surface area (Å²) in [5, 5.41) is 18.0. The van der Waals surface area contributed by atoms with E-state index in [-0.39, 0.29) is 58.7 Å². The summed E-state index contributed by atoms with van der Waals surface area (Å²) in [6.45, 7) is 1.60. The van der Waals surface area contributed by atoms with Crippen molar-refractivity contribution in [1.82, 2.24) is 30.0 Å². The first kappa shape index (κ1) is 28.2. The molecule has 1 unspecified atom stereocenters. The Kier molecular flexibility index (Phi) is 7.69. The van der Waals surface area contributed by atoms with Gasteiger partial charge in [-0.05, 0) is 62.6 Å². The molecule has 6 rings (SSSR count). The third kappa shape index (κ3) is 5.49. The number of fused-ring (bicyclic) bond motifs is 1. The van der Waals surface area contributed by atoms with Gasteiger partial charge in [0.2, 0.25) is 5.82 Å². The van der Waals surface area contributed by atoms with Crippen molar-refractivity contribution in [2.45, 2.75) is 37.8 Å². The number of ether oxygens (including phenoxy) is 1. The molecule has 3 N–H and O–H groups in total. The van der Waals surface area contributed by atoms with Crippen LogP contribution in [-0.4, -0.2) is 56.2 Å². The van der Waals surface area contributed by atoms with Crippen LogP contribution in [0.25, 0.3) is 22.3 Å².